The van der Waals surface area contributed by atoms with Crippen LogP contribution in [0.15, 0.2) is 9.98 Å². The largest absolute Gasteiger partial charge is 0.480 e. The summed E-state index contributed by atoms with van der Waals surface area (Å²) in [6, 6.07) is -22.1. The molecule has 1 rings (SSSR count). The summed E-state index contributed by atoms with van der Waals surface area (Å²) in [6.45, 7) is 15.8. The van der Waals surface area contributed by atoms with Crippen molar-refractivity contribution in [3.63, 3.8) is 0 Å². The minimum Gasteiger partial charge on any atom is -0.480 e. The Morgan fingerprint density at radius 3 is 1.36 bits per heavy atom. The molecule has 1 heterocycles. The van der Waals surface area contributed by atoms with Gasteiger partial charge in [-0.1, -0.05) is 69.2 Å². The van der Waals surface area contributed by atoms with Gasteiger partial charge in [-0.2, -0.15) is 24.4 Å². The number of guanidine groups is 2. The summed E-state index contributed by atoms with van der Waals surface area (Å²) >= 11 is 5.66. The Bertz CT molecular complexity index is 3460. The average molecular weight is 1720 g/mol. The highest BCUT2D eigenvalue weighted by Crippen LogP contribution is 2.21. The van der Waals surface area contributed by atoms with Crippen molar-refractivity contribution in [1.82, 2.24) is 79.3 Å². The average Bonchev–Trinajstić information content (AvgIpc) is 1.63. The first-order valence-corrected chi connectivity index (χ1v) is 41.1. The normalized spacial score (nSPS) is 16.4. The lowest BCUT2D eigenvalue weighted by molar-refractivity contribution is -0.143. The van der Waals surface area contributed by atoms with Crippen LogP contribution in [0.5, 0.6) is 0 Å². The number of carboxylic acids is 1. The van der Waals surface area contributed by atoms with Gasteiger partial charge in [-0.25, -0.2) is 4.79 Å². The Morgan fingerprint density at radius 1 is 0.466 bits per heavy atom. The van der Waals surface area contributed by atoms with Gasteiger partial charge in [-0.15, -0.1) is 0 Å². The van der Waals surface area contributed by atoms with Gasteiger partial charge in [0.15, 0.2) is 11.9 Å². The van der Waals surface area contributed by atoms with Crippen molar-refractivity contribution in [2.45, 2.75) is 250 Å². The quantitative estimate of drug-likeness (QED) is 0.0116. The van der Waals surface area contributed by atoms with Crippen LogP contribution in [0, 0.1) is 29.6 Å². The van der Waals surface area contributed by atoms with Crippen LogP contribution in [-0.4, -0.2) is 292 Å². The Labute approximate surface area is 696 Å². The van der Waals surface area contributed by atoms with Gasteiger partial charge in [-0.3, -0.25) is 86.7 Å². The molecular weight excluding hydrogens is 1590 g/mol. The number of primary amides is 1. The number of nitrogens with two attached hydrogens (primary N) is 6. The predicted octanol–water partition coefficient (Wildman–Crippen LogP) is -8.69. The van der Waals surface area contributed by atoms with E-state index in [1.165, 1.54) is 18.7 Å². The van der Waals surface area contributed by atoms with Crippen LogP contribution in [0.3, 0.4) is 0 Å². The van der Waals surface area contributed by atoms with Crippen molar-refractivity contribution in [2.24, 2.45) is 74.0 Å². The zero-order chi connectivity index (χ0) is 90.1. The number of nitrogens with zero attached hydrogens (tertiary/aromatic N) is 3. The van der Waals surface area contributed by atoms with Crippen LogP contribution < -0.4 is 109 Å². The van der Waals surface area contributed by atoms with Crippen molar-refractivity contribution in [3.8, 4) is 0 Å². The molecule has 1 aliphatic rings. The van der Waals surface area contributed by atoms with E-state index in [2.05, 4.69) is 97.0 Å². The number of amides is 16. The van der Waals surface area contributed by atoms with E-state index in [0.717, 1.165) is 11.8 Å². The molecule has 0 aliphatic carbocycles. The number of hydrogen-bond acceptors (Lipinski definition) is 25. The third kappa shape index (κ3) is 39.1. The Hall–Kier alpha value is -9.93. The van der Waals surface area contributed by atoms with Gasteiger partial charge in [0.1, 0.15) is 84.6 Å². The maximum absolute atomic E-state index is 14.7. The number of aliphatic imine (C=N–C) groups is 2. The molecule has 1 aliphatic heterocycles. The molecular formula is C72H129N23O21S2. The fourth-order valence-corrected chi connectivity index (χ4v) is 12.6. The second-order valence-electron chi connectivity index (χ2n) is 30.7. The fraction of sp³-hybridized carbons (Fsp3) is 0.736. The topological polar surface area (TPSA) is 724 Å². The molecule has 0 radical (unpaired) electrons. The predicted molar refractivity (Wildman–Crippen MR) is 439 cm³/mol. The highest BCUT2D eigenvalue weighted by Gasteiger charge is 2.42. The number of carbonyl (C=O) groups excluding carboxylic acids is 16. The number of hydrogen-bond donors (Lipinski definition) is 25. The maximum Gasteiger partial charge on any atom is 0.326 e. The molecule has 16 amide bonds. The number of thioether (sulfide) groups is 1. The van der Waals surface area contributed by atoms with E-state index >= 15 is 0 Å². The van der Waals surface area contributed by atoms with Gasteiger partial charge in [0.05, 0.1) is 38.3 Å². The molecule has 1 fully saturated rings. The summed E-state index contributed by atoms with van der Waals surface area (Å²) in [4.78, 5) is 240. The van der Waals surface area contributed by atoms with E-state index in [1.54, 1.807) is 69.2 Å². The van der Waals surface area contributed by atoms with Crippen molar-refractivity contribution in [2.75, 3.05) is 57.2 Å². The molecule has 0 aromatic carbocycles. The standard InChI is InChI=1S/C72H129N23O21S2/c1-33(2)25-43(86-56(101)38(11)82-59(104)41(17-14-21-79-71(75)76)84-64(109)49(32-117)91-57(102)40(73)20-24-118-13)58(103)81-29-52(100)83-45(28-51(74)99)61(106)94-55(39(12)98)68(113)85-42(18-15-22-80-72(77)78)69(114)95-23-16-19-50(95)65(110)90-48(31-97)63(108)89-47(30-96)62(107)87-44(26-34(3)4)60(105)92-54(37(9)10)67(112)93-53(36(7)8)66(111)88-46(70(115)116)27-35(5)6/h33-50,53-55,96-98,117H,14-32,73H2,1-13H3,(H2,74,99)(H,81,103)(H,82,104)(H,83,100)(H,84,109)(H,85,113)(H,86,101)(H,87,107)(H,88,111)(H,89,108)(H,90,110)(H,91,102)(H,92,105)(H,93,112)(H,94,106)(H,115,116)(H4,75,76,79)(H4,77,78,80)/t38-,39+,40-,41-,42-,43-,44-,45-,46-,47-,48-,49-,50-,53-,54-,55-/m0/s1. The number of nitrogens with one attached hydrogen (secondary N) is 14. The molecule has 0 spiro atoms. The fourth-order valence-electron chi connectivity index (χ4n) is 11.8. The van der Waals surface area contributed by atoms with Crippen LogP contribution >= 0.6 is 24.4 Å². The summed E-state index contributed by atoms with van der Waals surface area (Å²) in [5, 5.41) is 75.7. The van der Waals surface area contributed by atoms with E-state index in [0.29, 0.717) is 12.2 Å². The zero-order valence-corrected chi connectivity index (χ0v) is 71.2. The van der Waals surface area contributed by atoms with E-state index in [1.807, 2.05) is 6.26 Å². The van der Waals surface area contributed by atoms with E-state index in [9.17, 15) is 102 Å². The molecule has 118 heavy (non-hydrogen) atoms. The third-order valence-corrected chi connectivity index (χ3v) is 19.2. The molecule has 1 saturated heterocycles. The smallest absolute Gasteiger partial charge is 0.326 e. The van der Waals surface area contributed by atoms with E-state index in [-0.39, 0.29) is 113 Å². The number of thiol groups is 1. The monoisotopic (exact) mass is 1720 g/mol. The summed E-state index contributed by atoms with van der Waals surface area (Å²) in [7, 11) is 0. The number of carboxylic acid groups (broad SMARTS) is 1. The molecule has 670 valence electrons. The first kappa shape index (κ1) is 106. The first-order valence-electron chi connectivity index (χ1n) is 39.0. The van der Waals surface area contributed by atoms with E-state index in [4.69, 9.17) is 34.4 Å². The van der Waals surface area contributed by atoms with Crippen LogP contribution in [0.4, 0.5) is 0 Å². The number of aliphatic hydroxyl groups excluding tert-OH is 3. The highest BCUT2D eigenvalue weighted by atomic mass is 32.2. The van der Waals surface area contributed by atoms with Gasteiger partial charge in [-0.05, 0) is 120 Å². The molecule has 30 N–H and O–H groups in total. The molecule has 0 unspecified atom stereocenters. The molecule has 0 aromatic rings. The third-order valence-electron chi connectivity index (χ3n) is 18.2. The van der Waals surface area contributed by atoms with Gasteiger partial charge in [0, 0.05) is 25.4 Å². The molecule has 0 aromatic heterocycles. The lowest BCUT2D eigenvalue weighted by Gasteiger charge is -2.31. The number of rotatable bonds is 55. The molecule has 46 heteroatoms. The molecule has 0 bridgehead atoms. The molecule has 16 atom stereocenters. The van der Waals surface area contributed by atoms with Gasteiger partial charge in [0.2, 0.25) is 94.5 Å². The second kappa shape index (κ2) is 54.2. The second-order valence-corrected chi connectivity index (χ2v) is 32.0. The molecule has 44 nitrogen and oxygen atoms in total. The number of aliphatic hydroxyl groups is 3. The summed E-state index contributed by atoms with van der Waals surface area (Å²) in [6.07, 6.45) is -0.671. The Balaban J connectivity index is 3.40. The van der Waals surface area contributed by atoms with E-state index < -0.39 is 235 Å². The van der Waals surface area contributed by atoms with Gasteiger partial charge in [0.25, 0.3) is 0 Å². The molecule has 0 saturated carbocycles. The van der Waals surface area contributed by atoms with Crippen LogP contribution in [-0.2, 0) is 81.5 Å². The number of aliphatic carboxylic acids is 1. The summed E-state index contributed by atoms with van der Waals surface area (Å²) < 4.78 is 0. The van der Waals surface area contributed by atoms with Crippen molar-refractivity contribution in [1.29, 1.82) is 0 Å². The van der Waals surface area contributed by atoms with Crippen molar-refractivity contribution < 1.29 is 102 Å². The van der Waals surface area contributed by atoms with Crippen molar-refractivity contribution >= 4 is 137 Å². The lowest BCUT2D eigenvalue weighted by Crippen LogP contribution is -2.62. The number of carbonyl (C=O) groups is 17. The zero-order valence-electron chi connectivity index (χ0n) is 69.4. The minimum atomic E-state index is -1.98. The Morgan fingerprint density at radius 2 is 0.873 bits per heavy atom. The van der Waals surface area contributed by atoms with Crippen LogP contribution in [0.2, 0.25) is 0 Å². The first-order chi connectivity index (χ1) is 55.1. The van der Waals surface area contributed by atoms with Crippen LogP contribution in [0.1, 0.15) is 154 Å². The Kier molecular flexibility index (Phi) is 48.7. The van der Waals surface area contributed by atoms with Gasteiger partial charge < -0.3 is 134 Å². The SMILES string of the molecule is CSCC[C@H](N)C(=O)N[C@@H](CS)C(=O)N[C@@H](CCCN=C(N)N)C(=O)N[C@@H](C)C(=O)N[C@@H](CC(C)C)C(=O)NCC(=O)N[C@@H](CC(N)=O)C(=O)N[C@H](C(=O)N[C@@H](CCCN=C(N)N)C(=O)N1CCC[C@H]1C(=O)N[C@@H](CO)C(=O)N[C@@H](CO)C(=O)N[C@@H](CC(C)C)C(=O)N[C@H](C(=O)N[C@H](C(=O)N[C@@H](CC(C)C)C(=O)O)C(C)C)C(C)C)[C@@H](C)O. The lowest BCUT2D eigenvalue weighted by atomic mass is 9.97. The minimum absolute atomic E-state index is 0.0236. The number of likely N-dealkylation sites (tertiary alicyclic amines) is 1. The summed E-state index contributed by atoms with van der Waals surface area (Å²) in [5.41, 5.74) is 33.4. The van der Waals surface area contributed by atoms with Crippen LogP contribution in [0.25, 0.3) is 0 Å². The van der Waals surface area contributed by atoms with Gasteiger partial charge >= 0.3 is 5.97 Å². The van der Waals surface area contributed by atoms with Crippen molar-refractivity contribution in [3.05, 3.63) is 0 Å². The summed E-state index contributed by atoms with van der Waals surface area (Å²) in [5.74, 6) is -19.0. The highest BCUT2D eigenvalue weighted by molar-refractivity contribution is 7.98. The maximum atomic E-state index is 14.7.